The van der Waals surface area contributed by atoms with Crippen molar-refractivity contribution < 1.29 is 28.6 Å². The van der Waals surface area contributed by atoms with Gasteiger partial charge in [0.1, 0.15) is 11.5 Å². The second-order valence-electron chi connectivity index (χ2n) is 10.2. The topological polar surface area (TPSA) is 78.9 Å². The first kappa shape index (κ1) is 26.9. The third-order valence-corrected chi connectivity index (χ3v) is 6.15. The summed E-state index contributed by atoms with van der Waals surface area (Å²) in [4.78, 5) is 38.4. The Hall–Kier alpha value is -4.19. The van der Waals surface area contributed by atoms with Crippen LogP contribution in [0.1, 0.15) is 41.5 Å². The van der Waals surface area contributed by atoms with Gasteiger partial charge >= 0.3 is 17.9 Å². The third kappa shape index (κ3) is 5.25. The van der Waals surface area contributed by atoms with Gasteiger partial charge in [-0.2, -0.15) is 0 Å². The van der Waals surface area contributed by atoms with E-state index in [0.29, 0.717) is 10.8 Å². The number of ether oxygens (including phenoxy) is 3. The molecule has 4 aromatic carbocycles. The molecule has 4 rings (SSSR count). The largest absolute Gasteiger partial charge is 0.426 e. The van der Waals surface area contributed by atoms with Gasteiger partial charge in [0, 0.05) is 0 Å². The minimum absolute atomic E-state index is 0.188. The Morgan fingerprint density at radius 2 is 0.947 bits per heavy atom. The number of fused-ring (bicyclic) bond motifs is 2. The van der Waals surface area contributed by atoms with E-state index in [2.05, 4.69) is 0 Å². The summed E-state index contributed by atoms with van der Waals surface area (Å²) in [7, 11) is 0. The molecule has 0 radical (unpaired) electrons. The van der Waals surface area contributed by atoms with Crippen molar-refractivity contribution in [2.45, 2.75) is 41.5 Å². The predicted octanol–water partition coefficient (Wildman–Crippen LogP) is 7.34. The van der Waals surface area contributed by atoms with Gasteiger partial charge in [0.25, 0.3) is 0 Å². The number of carbonyl (C=O) groups is 3. The van der Waals surface area contributed by atoms with Crippen LogP contribution in [-0.4, -0.2) is 17.9 Å². The molecule has 0 aromatic heterocycles. The summed E-state index contributed by atoms with van der Waals surface area (Å²) in [6, 6.07) is 20.5. The number of benzene rings is 4. The molecule has 0 unspecified atom stereocenters. The Kier molecular flexibility index (Phi) is 7.81. The van der Waals surface area contributed by atoms with Crippen molar-refractivity contribution in [3.63, 3.8) is 0 Å². The fourth-order valence-corrected chi connectivity index (χ4v) is 4.08. The number of hydrogen-bond acceptors (Lipinski definition) is 6. The van der Waals surface area contributed by atoms with Crippen LogP contribution in [-0.2, 0) is 14.4 Å². The van der Waals surface area contributed by atoms with Gasteiger partial charge in [-0.05, 0) is 34.0 Å². The van der Waals surface area contributed by atoms with E-state index in [4.69, 9.17) is 14.2 Å². The van der Waals surface area contributed by atoms with Crippen molar-refractivity contribution in [1.82, 2.24) is 0 Å². The highest BCUT2D eigenvalue weighted by molar-refractivity contribution is 6.21. The average Bonchev–Trinajstić information content (AvgIpc) is 2.88. The van der Waals surface area contributed by atoms with Crippen molar-refractivity contribution in [1.29, 1.82) is 0 Å². The van der Waals surface area contributed by atoms with Crippen LogP contribution >= 0.6 is 0 Å². The van der Waals surface area contributed by atoms with Crippen molar-refractivity contribution >= 4 is 39.5 Å². The molecule has 0 saturated carbocycles. The van der Waals surface area contributed by atoms with E-state index >= 15 is 0 Å². The molecule has 6 nitrogen and oxygen atoms in total. The van der Waals surface area contributed by atoms with Gasteiger partial charge in [0.2, 0.25) is 0 Å². The Labute approximate surface area is 222 Å². The number of hydrogen-bond donors (Lipinski definition) is 0. The zero-order chi connectivity index (χ0) is 27.6. The monoisotopic (exact) mass is 512 g/mol. The summed E-state index contributed by atoms with van der Waals surface area (Å²) in [6.07, 6.45) is 0. The summed E-state index contributed by atoms with van der Waals surface area (Å²) < 4.78 is 17.7. The molecule has 38 heavy (non-hydrogen) atoms. The predicted molar refractivity (Wildman–Crippen MR) is 148 cm³/mol. The van der Waals surface area contributed by atoms with Crippen LogP contribution in [0.5, 0.6) is 17.2 Å². The van der Waals surface area contributed by atoms with Gasteiger partial charge < -0.3 is 14.2 Å². The summed E-state index contributed by atoms with van der Waals surface area (Å²) >= 11 is 0. The van der Waals surface area contributed by atoms with Crippen molar-refractivity contribution in [3.05, 3.63) is 66.7 Å². The highest BCUT2D eigenvalue weighted by atomic mass is 16.6. The van der Waals surface area contributed by atoms with E-state index in [1.807, 2.05) is 42.5 Å². The standard InChI is InChI=1S/C32H32O6/c1-18(2)30(33)36-24-16-10-14-22-26(21-12-8-7-9-13-21)23-15-11-17-25(37-31(34)19(3)4)28(23)29(27(22)24)38-32(35)20(5)6/h7-20H,1-6H3. The SMILES string of the molecule is CC(C)C(=O)Oc1cccc2c(-c3ccccc3)c3cccc(OC(=O)C(C)C)c3c(OC(=O)C(C)C)c12. The highest BCUT2D eigenvalue weighted by Crippen LogP contribution is 2.49. The fourth-order valence-electron chi connectivity index (χ4n) is 4.08. The summed E-state index contributed by atoms with van der Waals surface area (Å²) in [5.41, 5.74) is 1.74. The molecule has 0 heterocycles. The van der Waals surface area contributed by atoms with Crippen LogP contribution in [0.3, 0.4) is 0 Å². The van der Waals surface area contributed by atoms with Crippen LogP contribution < -0.4 is 14.2 Å². The zero-order valence-electron chi connectivity index (χ0n) is 22.5. The summed E-state index contributed by atoms with van der Waals surface area (Å²) in [5.74, 6) is -1.76. The molecule has 0 bridgehead atoms. The van der Waals surface area contributed by atoms with Crippen LogP contribution in [0.2, 0.25) is 0 Å². The smallest absolute Gasteiger partial charge is 0.313 e. The van der Waals surface area contributed by atoms with Gasteiger partial charge in [-0.3, -0.25) is 14.4 Å². The van der Waals surface area contributed by atoms with E-state index < -0.39 is 23.8 Å². The van der Waals surface area contributed by atoms with E-state index in [0.717, 1.165) is 21.9 Å². The van der Waals surface area contributed by atoms with Crippen LogP contribution in [0.25, 0.3) is 32.7 Å². The van der Waals surface area contributed by atoms with Crippen molar-refractivity contribution in [3.8, 4) is 28.4 Å². The highest BCUT2D eigenvalue weighted by Gasteiger charge is 2.26. The second kappa shape index (κ2) is 11.1. The molecule has 196 valence electrons. The molecule has 0 saturated heterocycles. The molecule has 0 aliphatic rings. The lowest BCUT2D eigenvalue weighted by Gasteiger charge is -2.21. The Morgan fingerprint density at radius 3 is 1.37 bits per heavy atom. The van der Waals surface area contributed by atoms with Crippen LogP contribution in [0.4, 0.5) is 0 Å². The number of esters is 3. The minimum atomic E-state index is -0.463. The maximum Gasteiger partial charge on any atom is 0.313 e. The van der Waals surface area contributed by atoms with Gasteiger partial charge in [0.15, 0.2) is 5.75 Å². The maximum atomic E-state index is 13.0. The van der Waals surface area contributed by atoms with Crippen molar-refractivity contribution in [2.24, 2.45) is 17.8 Å². The molecular weight excluding hydrogens is 480 g/mol. The molecule has 0 spiro atoms. The first-order chi connectivity index (χ1) is 18.1. The molecule has 0 aliphatic carbocycles. The van der Waals surface area contributed by atoms with E-state index in [1.54, 1.807) is 65.8 Å². The lowest BCUT2D eigenvalue weighted by Crippen LogP contribution is -2.18. The lowest BCUT2D eigenvalue weighted by atomic mass is 9.90. The Bertz CT molecular complexity index is 1430. The van der Waals surface area contributed by atoms with Crippen molar-refractivity contribution in [2.75, 3.05) is 0 Å². The molecule has 0 atom stereocenters. The van der Waals surface area contributed by atoms with Gasteiger partial charge in [-0.25, -0.2) is 0 Å². The van der Waals surface area contributed by atoms with E-state index in [-0.39, 0.29) is 29.1 Å². The molecular formula is C32H32O6. The molecule has 4 aromatic rings. The average molecular weight is 513 g/mol. The van der Waals surface area contributed by atoms with Gasteiger partial charge in [-0.15, -0.1) is 0 Å². The van der Waals surface area contributed by atoms with Crippen LogP contribution in [0.15, 0.2) is 66.7 Å². The summed E-state index contributed by atoms with van der Waals surface area (Å²) in [6.45, 7) is 10.5. The maximum absolute atomic E-state index is 13.0. The summed E-state index contributed by atoms with van der Waals surface area (Å²) in [5, 5.41) is 2.37. The Morgan fingerprint density at radius 1 is 0.526 bits per heavy atom. The van der Waals surface area contributed by atoms with Crippen LogP contribution in [0, 0.1) is 17.8 Å². The van der Waals surface area contributed by atoms with E-state index in [1.165, 1.54) is 0 Å². The molecule has 0 aliphatic heterocycles. The number of rotatable bonds is 7. The zero-order valence-corrected chi connectivity index (χ0v) is 22.5. The molecule has 0 amide bonds. The van der Waals surface area contributed by atoms with E-state index in [9.17, 15) is 14.4 Å². The van der Waals surface area contributed by atoms with Gasteiger partial charge in [-0.1, -0.05) is 96.1 Å². The normalized spacial score (nSPS) is 11.4. The lowest BCUT2D eigenvalue weighted by molar-refractivity contribution is -0.138. The Balaban J connectivity index is 2.20. The second-order valence-corrected chi connectivity index (χ2v) is 10.2. The molecule has 0 fully saturated rings. The first-order valence-electron chi connectivity index (χ1n) is 12.8. The fraction of sp³-hybridized carbons (Fsp3) is 0.281. The molecule has 6 heteroatoms. The minimum Gasteiger partial charge on any atom is -0.426 e. The van der Waals surface area contributed by atoms with Gasteiger partial charge in [0.05, 0.1) is 28.5 Å². The molecule has 0 N–H and O–H groups in total. The first-order valence-corrected chi connectivity index (χ1v) is 12.8. The quantitative estimate of drug-likeness (QED) is 0.146. The number of carbonyl (C=O) groups excluding carboxylic acids is 3. The third-order valence-electron chi connectivity index (χ3n) is 6.15.